The van der Waals surface area contributed by atoms with E-state index in [1.165, 1.54) is 44.9 Å². The van der Waals surface area contributed by atoms with Crippen molar-refractivity contribution in [3.63, 3.8) is 0 Å². The highest BCUT2D eigenvalue weighted by Crippen LogP contribution is 2.46. The lowest BCUT2D eigenvalue weighted by atomic mass is 9.94. The minimum Gasteiger partial charge on any atom is -0.155 e. The Morgan fingerprint density at radius 2 is 2.00 bits per heavy atom. The molecule has 3 atom stereocenters. The van der Waals surface area contributed by atoms with Crippen molar-refractivity contribution in [1.29, 1.82) is 0 Å². The van der Waals surface area contributed by atoms with Crippen molar-refractivity contribution in [2.75, 3.05) is 0 Å². The van der Waals surface area contributed by atoms with E-state index in [9.17, 15) is 0 Å². The fourth-order valence-electron chi connectivity index (χ4n) is 2.70. The third-order valence-electron chi connectivity index (χ3n) is 3.48. The van der Waals surface area contributed by atoms with Gasteiger partial charge in [-0.3, -0.25) is 0 Å². The highest BCUT2D eigenvalue weighted by molar-refractivity contribution is 8.00. The Balaban J connectivity index is 1.92. The molecule has 2 aliphatic rings. The van der Waals surface area contributed by atoms with Gasteiger partial charge in [0.15, 0.2) is 0 Å². The third-order valence-corrected chi connectivity index (χ3v) is 5.36. The molecule has 12 heavy (non-hydrogen) atoms. The van der Waals surface area contributed by atoms with Crippen LogP contribution in [0.3, 0.4) is 0 Å². The molecule has 2 rings (SSSR count). The van der Waals surface area contributed by atoms with Crippen molar-refractivity contribution in [1.82, 2.24) is 0 Å². The van der Waals surface area contributed by atoms with Gasteiger partial charge in [-0.1, -0.05) is 26.2 Å². The van der Waals surface area contributed by atoms with Gasteiger partial charge in [0.2, 0.25) is 0 Å². The smallest absolute Gasteiger partial charge is 0.00785 e. The van der Waals surface area contributed by atoms with E-state index in [1.807, 2.05) is 0 Å². The summed E-state index contributed by atoms with van der Waals surface area (Å²) >= 11 is 2.31. The van der Waals surface area contributed by atoms with E-state index < -0.39 is 0 Å². The molecule has 1 saturated heterocycles. The largest absolute Gasteiger partial charge is 0.155 e. The van der Waals surface area contributed by atoms with E-state index >= 15 is 0 Å². The molecule has 0 bridgehead atoms. The first-order chi connectivity index (χ1) is 5.90. The predicted molar refractivity (Wildman–Crippen MR) is 56.7 cm³/mol. The van der Waals surface area contributed by atoms with Crippen LogP contribution >= 0.6 is 11.8 Å². The van der Waals surface area contributed by atoms with Gasteiger partial charge >= 0.3 is 0 Å². The first-order valence-electron chi connectivity index (χ1n) is 5.55. The number of fused-ring (bicyclic) bond motifs is 1. The highest BCUT2D eigenvalue weighted by Gasteiger charge is 2.33. The molecule has 0 aromatic heterocycles. The maximum atomic E-state index is 2.35. The maximum absolute atomic E-state index is 2.35. The van der Waals surface area contributed by atoms with E-state index in [4.69, 9.17) is 0 Å². The van der Waals surface area contributed by atoms with Crippen molar-refractivity contribution in [3.8, 4) is 0 Å². The average Bonchev–Trinajstić information content (AvgIpc) is 2.37. The molecule has 0 nitrogen and oxygen atoms in total. The van der Waals surface area contributed by atoms with Crippen LogP contribution in [0.25, 0.3) is 0 Å². The van der Waals surface area contributed by atoms with Crippen LogP contribution in [-0.2, 0) is 0 Å². The lowest BCUT2D eigenvalue weighted by Gasteiger charge is -2.13. The van der Waals surface area contributed by atoms with Gasteiger partial charge in [-0.2, -0.15) is 11.8 Å². The second kappa shape index (κ2) is 4.04. The van der Waals surface area contributed by atoms with Gasteiger partial charge in [0, 0.05) is 10.5 Å². The average molecular weight is 184 g/mol. The zero-order chi connectivity index (χ0) is 8.39. The number of rotatable bonds is 1. The zero-order valence-electron chi connectivity index (χ0n) is 8.09. The molecule has 2 fully saturated rings. The number of hydrogen-bond donors (Lipinski definition) is 0. The molecule has 1 saturated carbocycles. The molecule has 0 amide bonds. The van der Waals surface area contributed by atoms with Crippen molar-refractivity contribution in [3.05, 3.63) is 0 Å². The molecule has 0 radical (unpaired) electrons. The standard InChI is InChI=1S/C11H20S/c1-2-10-8-9-6-4-3-5-7-11(9)12-10/h9-11H,2-8H2,1H3/t9-,10?,11+/m0/s1. The molecule has 1 aliphatic heterocycles. The van der Waals surface area contributed by atoms with Crippen molar-refractivity contribution < 1.29 is 0 Å². The quantitative estimate of drug-likeness (QED) is 0.596. The molecule has 70 valence electrons. The second-order valence-corrected chi connectivity index (χ2v) is 5.88. The Bertz CT molecular complexity index is 130. The summed E-state index contributed by atoms with van der Waals surface area (Å²) in [6.07, 6.45) is 10.5. The van der Waals surface area contributed by atoms with Crippen LogP contribution in [0.1, 0.15) is 51.9 Å². The number of hydrogen-bond acceptors (Lipinski definition) is 1. The van der Waals surface area contributed by atoms with Gasteiger partial charge in [-0.05, 0) is 31.6 Å². The molecule has 0 aromatic carbocycles. The summed E-state index contributed by atoms with van der Waals surface area (Å²) in [5, 5.41) is 2.07. The van der Waals surface area contributed by atoms with Crippen LogP contribution in [0.15, 0.2) is 0 Å². The van der Waals surface area contributed by atoms with Crippen LogP contribution in [0, 0.1) is 5.92 Å². The fraction of sp³-hybridized carbons (Fsp3) is 1.00. The minimum atomic E-state index is 1.01. The summed E-state index contributed by atoms with van der Waals surface area (Å²) in [7, 11) is 0. The molecule has 1 heterocycles. The van der Waals surface area contributed by atoms with Crippen LogP contribution in [0.2, 0.25) is 0 Å². The van der Waals surface area contributed by atoms with Crippen molar-refractivity contribution in [2.24, 2.45) is 5.92 Å². The summed E-state index contributed by atoms with van der Waals surface area (Å²) < 4.78 is 0. The first kappa shape index (κ1) is 8.93. The molecular weight excluding hydrogens is 164 g/mol. The first-order valence-corrected chi connectivity index (χ1v) is 6.50. The topological polar surface area (TPSA) is 0 Å². The molecule has 0 spiro atoms. The Kier molecular flexibility index (Phi) is 3.00. The van der Waals surface area contributed by atoms with Gasteiger partial charge in [0.25, 0.3) is 0 Å². The van der Waals surface area contributed by atoms with Crippen LogP contribution in [0.5, 0.6) is 0 Å². The SMILES string of the molecule is CCC1C[C@@H]2CCCCC[C@H]2S1. The van der Waals surface area contributed by atoms with E-state index in [0.29, 0.717) is 0 Å². The molecule has 0 N–H and O–H groups in total. The molecule has 1 aliphatic carbocycles. The Hall–Kier alpha value is 0.350. The Morgan fingerprint density at radius 3 is 2.83 bits per heavy atom. The van der Waals surface area contributed by atoms with Gasteiger partial charge in [0.1, 0.15) is 0 Å². The van der Waals surface area contributed by atoms with Crippen molar-refractivity contribution >= 4 is 11.8 Å². The Labute approximate surface area is 80.5 Å². The van der Waals surface area contributed by atoms with Crippen molar-refractivity contribution in [2.45, 2.75) is 62.4 Å². The minimum absolute atomic E-state index is 1.01. The molecule has 1 unspecified atom stereocenters. The van der Waals surface area contributed by atoms with Gasteiger partial charge in [-0.15, -0.1) is 0 Å². The fourth-order valence-corrected chi connectivity index (χ4v) is 4.52. The normalized spacial score (nSPS) is 42.2. The second-order valence-electron chi connectivity index (χ2n) is 4.34. The van der Waals surface area contributed by atoms with E-state index in [2.05, 4.69) is 18.7 Å². The lowest BCUT2D eigenvalue weighted by molar-refractivity contribution is 0.457. The molecule has 0 aromatic rings. The predicted octanol–water partition coefficient (Wildman–Crippen LogP) is 3.85. The van der Waals surface area contributed by atoms with Gasteiger partial charge in [-0.25, -0.2) is 0 Å². The van der Waals surface area contributed by atoms with E-state index in [0.717, 1.165) is 16.4 Å². The highest BCUT2D eigenvalue weighted by atomic mass is 32.2. The summed E-state index contributed by atoms with van der Waals surface area (Å²) in [5.41, 5.74) is 0. The van der Waals surface area contributed by atoms with Crippen LogP contribution in [-0.4, -0.2) is 10.5 Å². The molecule has 1 heteroatoms. The molecular formula is C11H20S. The van der Waals surface area contributed by atoms with E-state index in [1.54, 1.807) is 0 Å². The summed E-state index contributed by atoms with van der Waals surface area (Å²) in [6, 6.07) is 0. The van der Waals surface area contributed by atoms with Gasteiger partial charge < -0.3 is 0 Å². The van der Waals surface area contributed by atoms with Crippen LogP contribution in [0.4, 0.5) is 0 Å². The van der Waals surface area contributed by atoms with Crippen LogP contribution < -0.4 is 0 Å². The maximum Gasteiger partial charge on any atom is 0.00785 e. The summed E-state index contributed by atoms with van der Waals surface area (Å²) in [4.78, 5) is 0. The summed E-state index contributed by atoms with van der Waals surface area (Å²) in [6.45, 7) is 2.35. The Morgan fingerprint density at radius 1 is 1.17 bits per heavy atom. The third kappa shape index (κ3) is 1.81. The summed E-state index contributed by atoms with van der Waals surface area (Å²) in [5.74, 6) is 1.10. The van der Waals surface area contributed by atoms with E-state index in [-0.39, 0.29) is 0 Å². The monoisotopic (exact) mass is 184 g/mol. The number of thioether (sulfide) groups is 1. The van der Waals surface area contributed by atoms with Gasteiger partial charge in [0.05, 0.1) is 0 Å². The zero-order valence-corrected chi connectivity index (χ0v) is 8.91. The lowest BCUT2D eigenvalue weighted by Crippen LogP contribution is -2.08.